The highest BCUT2D eigenvalue weighted by Gasteiger charge is 2.31. The number of carbonyl (C=O) groups excluding carboxylic acids is 1. The normalized spacial score (nSPS) is 21.9. The summed E-state index contributed by atoms with van der Waals surface area (Å²) >= 11 is 0. The molecule has 0 radical (unpaired) electrons. The van der Waals surface area contributed by atoms with Crippen LogP contribution in [0, 0.1) is 0 Å². The van der Waals surface area contributed by atoms with Crippen molar-refractivity contribution in [1.29, 1.82) is 0 Å². The first-order valence-corrected chi connectivity index (χ1v) is 12.5. The fourth-order valence-corrected chi connectivity index (χ4v) is 6.44. The molecule has 0 unspecified atom stereocenters. The minimum absolute atomic E-state index is 0.0765. The average molecular weight is 416 g/mol. The summed E-state index contributed by atoms with van der Waals surface area (Å²) in [6.07, 6.45) is 3.28. The van der Waals surface area contributed by atoms with E-state index in [2.05, 4.69) is 5.32 Å². The minimum atomic E-state index is -3.37. The minimum Gasteiger partial charge on any atom is -0.325 e. The smallest absolute Gasteiger partial charge is 0.238 e. The summed E-state index contributed by atoms with van der Waals surface area (Å²) < 4.78 is 48.6. The zero-order chi connectivity index (χ0) is 19.8. The van der Waals surface area contributed by atoms with Crippen molar-refractivity contribution in [3.63, 3.8) is 0 Å². The third kappa shape index (κ3) is 4.80. The quantitative estimate of drug-likeness (QED) is 0.749. The van der Waals surface area contributed by atoms with Gasteiger partial charge in [0.2, 0.25) is 15.9 Å². The van der Waals surface area contributed by atoms with Gasteiger partial charge in [-0.25, -0.2) is 16.8 Å². The molecule has 1 amide bonds. The predicted octanol–water partition coefficient (Wildman–Crippen LogP) is 0.456. The monoisotopic (exact) mass is 415 g/mol. The molecule has 2 aliphatic heterocycles. The van der Waals surface area contributed by atoms with Crippen molar-refractivity contribution in [3.8, 4) is 0 Å². The number of carbonyl (C=O) groups is 1. The maximum atomic E-state index is 12.4. The van der Waals surface area contributed by atoms with Crippen LogP contribution in [-0.4, -0.2) is 71.6 Å². The molecule has 0 bridgehead atoms. The van der Waals surface area contributed by atoms with Gasteiger partial charge in [0.25, 0.3) is 0 Å². The van der Waals surface area contributed by atoms with Gasteiger partial charge in [-0.2, -0.15) is 0 Å². The van der Waals surface area contributed by atoms with E-state index in [1.54, 1.807) is 24.1 Å². The lowest BCUT2D eigenvalue weighted by molar-refractivity contribution is -0.117. The largest absolute Gasteiger partial charge is 0.325 e. The van der Waals surface area contributed by atoms with Crippen LogP contribution in [0.4, 0.5) is 11.4 Å². The number of sulfonamides is 1. The number of anilines is 2. The van der Waals surface area contributed by atoms with E-state index in [-0.39, 0.29) is 30.0 Å². The molecule has 0 saturated carbocycles. The molecule has 10 heteroatoms. The standard InChI is InChI=1S/C17H25N3O5S2/c1-19(15-7-9-27(24,25)12-15)11-17(21)18-14-6-5-13-4-3-8-20(16(13)10-14)26(2,22)23/h5-6,10,15H,3-4,7-9,11-12H2,1-2H3,(H,18,21)/t15-/m0/s1. The Kier molecular flexibility index (Phi) is 5.51. The number of sulfone groups is 1. The lowest BCUT2D eigenvalue weighted by Crippen LogP contribution is -2.38. The molecule has 2 heterocycles. The van der Waals surface area contributed by atoms with Crippen LogP contribution in [0.2, 0.25) is 0 Å². The van der Waals surface area contributed by atoms with E-state index in [9.17, 15) is 21.6 Å². The van der Waals surface area contributed by atoms with Gasteiger partial charge in [0.1, 0.15) is 0 Å². The molecule has 1 N–H and O–H groups in total. The van der Waals surface area contributed by atoms with Crippen molar-refractivity contribution in [2.45, 2.75) is 25.3 Å². The Morgan fingerprint density at radius 1 is 1.37 bits per heavy atom. The number of likely N-dealkylation sites (N-methyl/N-ethyl adjacent to an activating group) is 1. The predicted molar refractivity (Wildman–Crippen MR) is 105 cm³/mol. The Balaban J connectivity index is 1.68. The van der Waals surface area contributed by atoms with E-state index in [1.165, 1.54) is 10.6 Å². The lowest BCUT2D eigenvalue weighted by atomic mass is 10.0. The molecule has 1 atom stereocenters. The summed E-state index contributed by atoms with van der Waals surface area (Å²) in [5.74, 6) is -0.0159. The van der Waals surface area contributed by atoms with E-state index in [4.69, 9.17) is 0 Å². The van der Waals surface area contributed by atoms with Crippen LogP contribution in [0.25, 0.3) is 0 Å². The van der Waals surface area contributed by atoms with Crippen molar-refractivity contribution in [2.24, 2.45) is 0 Å². The molecule has 8 nitrogen and oxygen atoms in total. The molecule has 0 aromatic heterocycles. The number of nitrogens with zero attached hydrogens (tertiary/aromatic N) is 2. The molecule has 1 fully saturated rings. The van der Waals surface area contributed by atoms with Crippen LogP contribution in [0.5, 0.6) is 0 Å². The van der Waals surface area contributed by atoms with Crippen LogP contribution in [0.1, 0.15) is 18.4 Å². The second-order valence-electron chi connectivity index (χ2n) is 7.30. The summed E-state index contributed by atoms with van der Waals surface area (Å²) in [7, 11) is -4.63. The van der Waals surface area contributed by atoms with Crippen molar-refractivity contribution in [1.82, 2.24) is 4.90 Å². The fourth-order valence-electron chi connectivity index (χ4n) is 3.64. The second-order valence-corrected chi connectivity index (χ2v) is 11.4. The van der Waals surface area contributed by atoms with Gasteiger partial charge in [-0.3, -0.25) is 14.0 Å². The van der Waals surface area contributed by atoms with Crippen LogP contribution in [0.15, 0.2) is 18.2 Å². The van der Waals surface area contributed by atoms with Gasteiger partial charge in [0.15, 0.2) is 9.84 Å². The second kappa shape index (κ2) is 7.40. The fraction of sp³-hybridized carbons (Fsp3) is 0.588. The van der Waals surface area contributed by atoms with E-state index >= 15 is 0 Å². The van der Waals surface area contributed by atoms with Crippen molar-refractivity contribution in [3.05, 3.63) is 23.8 Å². The summed E-state index contributed by atoms with van der Waals surface area (Å²) in [5.41, 5.74) is 2.08. The van der Waals surface area contributed by atoms with Gasteiger partial charge in [-0.05, 0) is 44.0 Å². The first-order valence-electron chi connectivity index (χ1n) is 8.86. The molecule has 150 valence electrons. The molecule has 0 aliphatic carbocycles. The van der Waals surface area contributed by atoms with Gasteiger partial charge in [-0.15, -0.1) is 0 Å². The van der Waals surface area contributed by atoms with Crippen LogP contribution in [0.3, 0.4) is 0 Å². The Morgan fingerprint density at radius 3 is 2.74 bits per heavy atom. The third-order valence-electron chi connectivity index (χ3n) is 5.07. The highest BCUT2D eigenvalue weighted by molar-refractivity contribution is 7.92. The maximum absolute atomic E-state index is 12.4. The van der Waals surface area contributed by atoms with E-state index in [0.717, 1.165) is 18.4 Å². The van der Waals surface area contributed by atoms with Gasteiger partial charge in [0.05, 0.1) is 30.0 Å². The number of nitrogens with one attached hydrogen (secondary N) is 1. The topological polar surface area (TPSA) is 104 Å². The molecule has 27 heavy (non-hydrogen) atoms. The van der Waals surface area contributed by atoms with Crippen LogP contribution >= 0.6 is 0 Å². The van der Waals surface area contributed by atoms with Gasteiger partial charge < -0.3 is 5.32 Å². The Morgan fingerprint density at radius 2 is 2.11 bits per heavy atom. The zero-order valence-corrected chi connectivity index (χ0v) is 17.1. The number of fused-ring (bicyclic) bond motifs is 1. The first kappa shape index (κ1) is 20.1. The molecule has 1 saturated heterocycles. The number of hydrogen-bond acceptors (Lipinski definition) is 6. The molecular formula is C17H25N3O5S2. The number of benzene rings is 1. The third-order valence-corrected chi connectivity index (χ3v) is 8.00. The van der Waals surface area contributed by atoms with Gasteiger partial charge >= 0.3 is 0 Å². The Hall–Kier alpha value is -1.65. The molecule has 3 rings (SSSR count). The molecule has 2 aliphatic rings. The Bertz CT molecular complexity index is 943. The SMILES string of the molecule is CN(CC(=O)Nc1ccc2c(c1)N(S(C)(=O)=O)CCC2)[C@H]1CCS(=O)(=O)C1. The average Bonchev–Trinajstić information content (AvgIpc) is 2.93. The number of aryl methyl sites for hydroxylation is 1. The van der Waals surface area contributed by atoms with E-state index < -0.39 is 19.9 Å². The van der Waals surface area contributed by atoms with Gasteiger partial charge in [-0.1, -0.05) is 6.07 Å². The summed E-state index contributed by atoms with van der Waals surface area (Å²) in [6, 6.07) is 5.15. The first-order chi connectivity index (χ1) is 12.5. The van der Waals surface area contributed by atoms with E-state index in [0.29, 0.717) is 24.3 Å². The number of rotatable bonds is 5. The number of hydrogen-bond donors (Lipinski definition) is 1. The summed E-state index contributed by atoms with van der Waals surface area (Å²) in [5, 5.41) is 2.79. The Labute approximate surface area is 160 Å². The van der Waals surface area contributed by atoms with Crippen molar-refractivity contribution < 1.29 is 21.6 Å². The maximum Gasteiger partial charge on any atom is 0.238 e. The zero-order valence-electron chi connectivity index (χ0n) is 15.5. The highest BCUT2D eigenvalue weighted by atomic mass is 32.2. The molecule has 1 aromatic carbocycles. The van der Waals surface area contributed by atoms with Crippen molar-refractivity contribution in [2.75, 3.05) is 47.5 Å². The highest BCUT2D eigenvalue weighted by Crippen LogP contribution is 2.31. The van der Waals surface area contributed by atoms with E-state index in [1.807, 2.05) is 6.07 Å². The van der Waals surface area contributed by atoms with Crippen LogP contribution in [-0.2, 0) is 31.1 Å². The van der Waals surface area contributed by atoms with Gasteiger partial charge in [0, 0.05) is 18.3 Å². The van der Waals surface area contributed by atoms with Crippen LogP contribution < -0.4 is 9.62 Å². The number of amides is 1. The molecule has 0 spiro atoms. The lowest BCUT2D eigenvalue weighted by Gasteiger charge is -2.29. The van der Waals surface area contributed by atoms with Crippen molar-refractivity contribution >= 4 is 37.1 Å². The summed E-state index contributed by atoms with van der Waals surface area (Å²) in [6.45, 7) is 0.509. The molecule has 1 aromatic rings. The molecular weight excluding hydrogens is 390 g/mol. The summed E-state index contributed by atoms with van der Waals surface area (Å²) in [4.78, 5) is 14.1.